The number of benzene rings is 1. The zero-order valence-corrected chi connectivity index (χ0v) is 16.3. The van der Waals surface area contributed by atoms with Crippen LogP contribution in [-0.4, -0.2) is 36.4 Å². The summed E-state index contributed by atoms with van der Waals surface area (Å²) in [6.45, 7) is 2.75. The number of ether oxygens (including phenoxy) is 1. The molecule has 0 saturated carbocycles. The molecular weight excluding hydrogens is 439 g/mol. The Morgan fingerprint density at radius 2 is 2.04 bits per heavy atom. The van der Waals surface area contributed by atoms with E-state index >= 15 is 0 Å². The lowest BCUT2D eigenvalue weighted by molar-refractivity contribution is -0.137. The number of carbonyl (C=O) groups excluding carboxylic acids is 2. The van der Waals surface area contributed by atoms with Crippen molar-refractivity contribution >= 4 is 45.7 Å². The molecule has 128 valence electrons. The van der Waals surface area contributed by atoms with Crippen LogP contribution in [-0.2, 0) is 16.1 Å². The van der Waals surface area contributed by atoms with Crippen LogP contribution in [0, 0.1) is 3.57 Å². The number of hydrogen-bond acceptors (Lipinski definition) is 4. The molecule has 1 N–H and O–H groups in total. The maximum Gasteiger partial charge on any atom is 0.260 e. The van der Waals surface area contributed by atoms with E-state index in [4.69, 9.17) is 4.74 Å². The van der Waals surface area contributed by atoms with E-state index < -0.39 is 0 Å². The lowest BCUT2D eigenvalue weighted by atomic mass is 10.3. The molecule has 0 bridgehead atoms. The van der Waals surface area contributed by atoms with Gasteiger partial charge in [-0.25, -0.2) is 0 Å². The van der Waals surface area contributed by atoms with E-state index in [1.54, 1.807) is 11.3 Å². The van der Waals surface area contributed by atoms with Crippen molar-refractivity contribution in [3.05, 3.63) is 50.2 Å². The van der Waals surface area contributed by atoms with E-state index in [0.29, 0.717) is 18.8 Å². The molecule has 24 heavy (non-hydrogen) atoms. The lowest BCUT2D eigenvalue weighted by Crippen LogP contribution is -2.42. The first-order valence-electron chi connectivity index (χ1n) is 7.54. The van der Waals surface area contributed by atoms with E-state index in [1.165, 1.54) is 4.90 Å². The van der Waals surface area contributed by atoms with Crippen molar-refractivity contribution in [2.75, 3.05) is 19.7 Å². The van der Waals surface area contributed by atoms with Crippen molar-refractivity contribution in [2.45, 2.75) is 13.5 Å². The van der Waals surface area contributed by atoms with Gasteiger partial charge in [0.25, 0.3) is 5.91 Å². The van der Waals surface area contributed by atoms with Crippen LogP contribution in [0.4, 0.5) is 0 Å². The molecule has 2 rings (SSSR count). The number of carbonyl (C=O) groups is 2. The van der Waals surface area contributed by atoms with Crippen LogP contribution in [0.3, 0.4) is 0 Å². The number of nitrogens with one attached hydrogen (secondary N) is 1. The minimum atomic E-state index is -0.205. The molecule has 0 fully saturated rings. The molecule has 0 saturated heterocycles. The Labute approximate surface area is 159 Å². The fourth-order valence-corrected chi connectivity index (χ4v) is 3.18. The highest BCUT2D eigenvalue weighted by Gasteiger charge is 2.16. The monoisotopic (exact) mass is 458 g/mol. The molecule has 1 aromatic heterocycles. The van der Waals surface area contributed by atoms with E-state index in [2.05, 4.69) is 27.9 Å². The van der Waals surface area contributed by atoms with Crippen LogP contribution in [0.25, 0.3) is 0 Å². The molecule has 0 spiro atoms. The van der Waals surface area contributed by atoms with Gasteiger partial charge in [0.15, 0.2) is 6.61 Å². The van der Waals surface area contributed by atoms with Gasteiger partial charge in [-0.3, -0.25) is 9.59 Å². The largest absolute Gasteiger partial charge is 0.483 e. The molecule has 0 unspecified atom stereocenters. The van der Waals surface area contributed by atoms with Crippen molar-refractivity contribution in [3.8, 4) is 5.75 Å². The standard InChI is InChI=1S/C17H19IN2O3S/c1-2-20(11-16(21)19-10-13-6-5-9-24-13)17(22)12-23-15-8-4-3-7-14(15)18/h3-9H,2,10-12H2,1H3,(H,19,21). The lowest BCUT2D eigenvalue weighted by Gasteiger charge is -2.20. The number of likely N-dealkylation sites (N-methyl/N-ethyl adjacent to an activating group) is 1. The van der Waals surface area contributed by atoms with Crippen molar-refractivity contribution < 1.29 is 14.3 Å². The van der Waals surface area contributed by atoms with Gasteiger partial charge in [0.2, 0.25) is 5.91 Å². The molecule has 5 nitrogen and oxygen atoms in total. The number of para-hydroxylation sites is 1. The number of nitrogens with zero attached hydrogens (tertiary/aromatic N) is 1. The Kier molecular flexibility index (Phi) is 7.51. The third kappa shape index (κ3) is 5.79. The second-order valence-electron chi connectivity index (χ2n) is 4.98. The molecule has 0 atom stereocenters. The summed E-state index contributed by atoms with van der Waals surface area (Å²) in [6.07, 6.45) is 0. The summed E-state index contributed by atoms with van der Waals surface area (Å²) in [5, 5.41) is 4.79. The van der Waals surface area contributed by atoms with Crippen LogP contribution >= 0.6 is 33.9 Å². The number of amides is 2. The van der Waals surface area contributed by atoms with Crippen LogP contribution < -0.4 is 10.1 Å². The molecule has 2 aromatic rings. The fourth-order valence-electron chi connectivity index (χ4n) is 2.00. The van der Waals surface area contributed by atoms with Crippen LogP contribution in [0.5, 0.6) is 5.75 Å². The van der Waals surface area contributed by atoms with Crippen LogP contribution in [0.1, 0.15) is 11.8 Å². The average Bonchev–Trinajstić information content (AvgIpc) is 3.10. The highest BCUT2D eigenvalue weighted by Crippen LogP contribution is 2.19. The third-order valence-electron chi connectivity index (χ3n) is 3.30. The average molecular weight is 458 g/mol. The third-order valence-corrected chi connectivity index (χ3v) is 5.06. The summed E-state index contributed by atoms with van der Waals surface area (Å²) in [5.41, 5.74) is 0. The first-order chi connectivity index (χ1) is 11.6. The zero-order chi connectivity index (χ0) is 17.4. The van der Waals surface area contributed by atoms with Gasteiger partial charge in [-0.15, -0.1) is 11.3 Å². The first-order valence-corrected chi connectivity index (χ1v) is 9.50. The Balaban J connectivity index is 1.80. The topological polar surface area (TPSA) is 58.6 Å². The normalized spacial score (nSPS) is 10.2. The van der Waals surface area contributed by atoms with Crippen molar-refractivity contribution in [1.29, 1.82) is 0 Å². The Morgan fingerprint density at radius 3 is 2.71 bits per heavy atom. The SMILES string of the molecule is CCN(CC(=O)NCc1cccs1)C(=O)COc1ccccc1I. The van der Waals surface area contributed by atoms with Gasteiger partial charge in [-0.05, 0) is 53.1 Å². The Morgan fingerprint density at radius 1 is 1.25 bits per heavy atom. The van der Waals surface area contributed by atoms with Gasteiger partial charge < -0.3 is 15.0 Å². The van der Waals surface area contributed by atoms with Crippen LogP contribution in [0.15, 0.2) is 41.8 Å². The summed E-state index contributed by atoms with van der Waals surface area (Å²) in [6, 6.07) is 11.4. The van der Waals surface area contributed by atoms with Gasteiger partial charge in [0.05, 0.1) is 16.7 Å². The van der Waals surface area contributed by atoms with Gasteiger partial charge in [-0.1, -0.05) is 18.2 Å². The maximum atomic E-state index is 12.2. The summed E-state index contributed by atoms with van der Waals surface area (Å²) in [4.78, 5) is 26.8. The molecule has 2 amide bonds. The molecule has 1 heterocycles. The summed E-state index contributed by atoms with van der Waals surface area (Å²) in [5.74, 6) is 0.293. The summed E-state index contributed by atoms with van der Waals surface area (Å²) < 4.78 is 6.50. The van der Waals surface area contributed by atoms with E-state index in [-0.39, 0.29) is 25.0 Å². The minimum absolute atomic E-state index is 0.0376. The molecule has 1 aromatic carbocycles. The van der Waals surface area contributed by atoms with Gasteiger partial charge in [0.1, 0.15) is 5.75 Å². The van der Waals surface area contributed by atoms with Crippen molar-refractivity contribution in [3.63, 3.8) is 0 Å². The second kappa shape index (κ2) is 9.63. The highest BCUT2D eigenvalue weighted by atomic mass is 127. The number of hydrogen-bond donors (Lipinski definition) is 1. The number of halogens is 1. The predicted octanol–water partition coefficient (Wildman–Crippen LogP) is 2.90. The van der Waals surface area contributed by atoms with Gasteiger partial charge >= 0.3 is 0 Å². The smallest absolute Gasteiger partial charge is 0.260 e. The molecular formula is C17H19IN2O3S. The van der Waals surface area contributed by atoms with Gasteiger partial charge in [0, 0.05) is 11.4 Å². The first kappa shape index (κ1) is 18.7. The van der Waals surface area contributed by atoms with E-state index in [0.717, 1.165) is 8.45 Å². The minimum Gasteiger partial charge on any atom is -0.483 e. The summed E-state index contributed by atoms with van der Waals surface area (Å²) in [7, 11) is 0. The van der Waals surface area contributed by atoms with Crippen molar-refractivity contribution in [2.24, 2.45) is 0 Å². The molecule has 0 aliphatic carbocycles. The number of rotatable bonds is 8. The maximum absolute atomic E-state index is 12.2. The Hall–Kier alpha value is -1.61. The van der Waals surface area contributed by atoms with Gasteiger partial charge in [-0.2, -0.15) is 0 Å². The molecule has 0 aliphatic heterocycles. The molecule has 0 radical (unpaired) electrons. The van der Waals surface area contributed by atoms with E-state index in [1.807, 2.05) is 48.7 Å². The van der Waals surface area contributed by atoms with Crippen molar-refractivity contribution in [1.82, 2.24) is 10.2 Å². The zero-order valence-electron chi connectivity index (χ0n) is 13.3. The highest BCUT2D eigenvalue weighted by molar-refractivity contribution is 14.1. The quantitative estimate of drug-likeness (QED) is 0.620. The molecule has 0 aliphatic rings. The van der Waals surface area contributed by atoms with E-state index in [9.17, 15) is 9.59 Å². The summed E-state index contributed by atoms with van der Waals surface area (Å²) >= 11 is 3.74. The molecule has 7 heteroatoms. The van der Waals surface area contributed by atoms with Crippen LogP contribution in [0.2, 0.25) is 0 Å². The number of thiophene rings is 1. The predicted molar refractivity (Wildman–Crippen MR) is 103 cm³/mol. The fraction of sp³-hybridized carbons (Fsp3) is 0.294. The Bertz CT molecular complexity index is 676. The second-order valence-corrected chi connectivity index (χ2v) is 7.18.